The van der Waals surface area contributed by atoms with Crippen molar-refractivity contribution in [3.8, 4) is 28.4 Å². The molecule has 0 radical (unpaired) electrons. The predicted octanol–water partition coefficient (Wildman–Crippen LogP) is 7.27. The summed E-state index contributed by atoms with van der Waals surface area (Å²) in [5.74, 6) is -1.72. The van der Waals surface area contributed by atoms with Gasteiger partial charge in [-0.2, -0.15) is 0 Å². The zero-order valence-corrected chi connectivity index (χ0v) is 27.9. The van der Waals surface area contributed by atoms with Crippen molar-refractivity contribution in [2.24, 2.45) is 0 Å². The molecule has 0 saturated carbocycles. The summed E-state index contributed by atoms with van der Waals surface area (Å²) in [6.45, 7) is 1.95. The molecule has 4 heterocycles. The number of piperidine rings is 1. The molecule has 7 rings (SSSR count). The zero-order chi connectivity index (χ0) is 34.8. The molecule has 1 aliphatic heterocycles. The van der Waals surface area contributed by atoms with Gasteiger partial charge in [-0.15, -0.1) is 0 Å². The number of nitrogens with one attached hydrogen (secondary N) is 2. The number of imidazole rings is 1. The Labute approximate surface area is 288 Å². The number of methoxy groups -OCH3 is 1. The minimum Gasteiger partial charge on any atom is -0.494 e. The summed E-state index contributed by atoms with van der Waals surface area (Å²) in [4.78, 5) is 32.1. The number of amides is 1. The Hall–Kier alpha value is -5.88. The van der Waals surface area contributed by atoms with E-state index in [1.54, 1.807) is 37.6 Å². The van der Waals surface area contributed by atoms with Crippen LogP contribution < -0.4 is 20.3 Å². The number of hydrogen-bond acceptors (Lipinski definition) is 8. The van der Waals surface area contributed by atoms with Crippen molar-refractivity contribution in [2.75, 3.05) is 49.8 Å². The molecule has 254 valence electrons. The third-order valence-electron chi connectivity index (χ3n) is 9.02. The van der Waals surface area contributed by atoms with Crippen LogP contribution >= 0.6 is 0 Å². The van der Waals surface area contributed by atoms with Crippen LogP contribution in [0.1, 0.15) is 23.2 Å². The average molecular weight is 675 g/mol. The summed E-state index contributed by atoms with van der Waals surface area (Å²) in [5, 5.41) is 5.79. The van der Waals surface area contributed by atoms with E-state index in [9.17, 15) is 13.6 Å². The molecule has 3 aromatic carbocycles. The lowest BCUT2D eigenvalue weighted by atomic mass is 10.0. The Morgan fingerprint density at radius 3 is 2.54 bits per heavy atom. The Morgan fingerprint density at radius 1 is 0.920 bits per heavy atom. The fraction of sp³-hybridized carbons (Fsp3) is 0.211. The first-order valence-electron chi connectivity index (χ1n) is 16.3. The number of halogens is 2. The van der Waals surface area contributed by atoms with Crippen LogP contribution in [0.5, 0.6) is 5.75 Å². The largest absolute Gasteiger partial charge is 0.494 e. The maximum Gasteiger partial charge on any atom is 0.255 e. The molecule has 0 atom stereocenters. The topological polar surface area (TPSA) is 99.9 Å². The standard InChI is InChI=1S/C38H36F2N8O2/c1-46(2)26-16-20-47(21-17-26)27-13-14-29(32(23-27)50-3)43-38-41-18-15-31(44-38)36-35(45-33-12-4-5-19-48(33)36)24-8-6-9-25(22-24)37(49)42-30-11-7-10-28(39)34(30)40/h4-15,18-19,22-23,26H,16-17,20-21H2,1-3H3,(H,42,49)(H,41,43,44). The lowest BCUT2D eigenvalue weighted by Crippen LogP contribution is -2.41. The van der Waals surface area contributed by atoms with Crippen LogP contribution in [0.15, 0.2) is 97.3 Å². The van der Waals surface area contributed by atoms with Crippen LogP contribution in [-0.4, -0.2) is 70.5 Å². The zero-order valence-electron chi connectivity index (χ0n) is 27.9. The summed E-state index contributed by atoms with van der Waals surface area (Å²) < 4.78 is 35.8. The lowest BCUT2D eigenvalue weighted by Gasteiger charge is -2.36. The maximum atomic E-state index is 14.3. The number of fused-ring (bicyclic) bond motifs is 1. The van der Waals surface area contributed by atoms with E-state index in [4.69, 9.17) is 14.7 Å². The third kappa shape index (κ3) is 6.57. The summed E-state index contributed by atoms with van der Waals surface area (Å²) in [6.07, 6.45) is 5.77. The highest BCUT2D eigenvalue weighted by Crippen LogP contribution is 2.35. The number of nitrogens with zero attached hydrogens (tertiary/aromatic N) is 6. The molecule has 50 heavy (non-hydrogen) atoms. The summed E-state index contributed by atoms with van der Waals surface area (Å²) in [7, 11) is 5.92. The number of carbonyl (C=O) groups excluding carboxylic acids is 1. The second kappa shape index (κ2) is 13.9. The van der Waals surface area contributed by atoms with Crippen molar-refractivity contribution < 1.29 is 18.3 Å². The van der Waals surface area contributed by atoms with Crippen LogP contribution in [-0.2, 0) is 0 Å². The number of pyridine rings is 1. The quantitative estimate of drug-likeness (QED) is 0.165. The smallest absolute Gasteiger partial charge is 0.255 e. The Morgan fingerprint density at radius 2 is 1.74 bits per heavy atom. The van der Waals surface area contributed by atoms with Crippen molar-refractivity contribution in [1.29, 1.82) is 0 Å². The van der Waals surface area contributed by atoms with Crippen LogP contribution in [0.4, 0.5) is 31.8 Å². The van der Waals surface area contributed by atoms with Gasteiger partial charge in [0, 0.05) is 54.4 Å². The normalized spacial score (nSPS) is 13.5. The second-order valence-electron chi connectivity index (χ2n) is 12.3. The van der Waals surface area contributed by atoms with Crippen molar-refractivity contribution in [1.82, 2.24) is 24.3 Å². The molecule has 1 saturated heterocycles. The second-order valence-corrected chi connectivity index (χ2v) is 12.3. The number of rotatable bonds is 9. The predicted molar refractivity (Wildman–Crippen MR) is 191 cm³/mol. The van der Waals surface area contributed by atoms with Crippen LogP contribution in [0.2, 0.25) is 0 Å². The number of anilines is 4. The number of aromatic nitrogens is 4. The van der Waals surface area contributed by atoms with Crippen LogP contribution in [0, 0.1) is 11.6 Å². The first-order chi connectivity index (χ1) is 24.3. The van der Waals surface area contributed by atoms with Gasteiger partial charge in [-0.3, -0.25) is 9.20 Å². The van der Waals surface area contributed by atoms with Gasteiger partial charge in [0.25, 0.3) is 5.91 Å². The van der Waals surface area contributed by atoms with E-state index in [0.29, 0.717) is 46.0 Å². The Kier molecular flexibility index (Phi) is 9.09. The van der Waals surface area contributed by atoms with Gasteiger partial charge in [-0.1, -0.05) is 24.3 Å². The molecule has 1 fully saturated rings. The fourth-order valence-corrected chi connectivity index (χ4v) is 6.34. The molecule has 0 unspecified atom stereocenters. The minimum atomic E-state index is -1.12. The molecule has 1 aliphatic rings. The Bertz CT molecular complexity index is 2180. The van der Waals surface area contributed by atoms with E-state index in [1.807, 2.05) is 47.0 Å². The molecule has 0 spiro atoms. The van der Waals surface area contributed by atoms with Crippen molar-refractivity contribution in [3.05, 3.63) is 115 Å². The Balaban J connectivity index is 1.18. The molecule has 12 heteroatoms. The minimum absolute atomic E-state index is 0.245. The fourth-order valence-electron chi connectivity index (χ4n) is 6.34. The van der Waals surface area contributed by atoms with Crippen LogP contribution in [0.25, 0.3) is 28.3 Å². The summed E-state index contributed by atoms with van der Waals surface area (Å²) in [6, 6.07) is 24.6. The SMILES string of the molecule is COc1cc(N2CCC(N(C)C)CC2)ccc1Nc1nccc(-c2c(-c3cccc(C(=O)Nc4cccc(F)c4F)c3)nc3ccccn23)n1. The number of hydrogen-bond donors (Lipinski definition) is 2. The van der Waals surface area contributed by atoms with E-state index in [2.05, 4.69) is 45.6 Å². The lowest BCUT2D eigenvalue weighted by molar-refractivity contribution is 0.102. The molecular weight excluding hydrogens is 638 g/mol. The van der Waals surface area contributed by atoms with E-state index in [0.717, 1.165) is 43.4 Å². The maximum absolute atomic E-state index is 14.3. The highest BCUT2D eigenvalue weighted by Gasteiger charge is 2.23. The van der Waals surface area contributed by atoms with Gasteiger partial charge in [0.15, 0.2) is 11.6 Å². The molecule has 0 aliphatic carbocycles. The highest BCUT2D eigenvalue weighted by molar-refractivity contribution is 6.05. The number of benzene rings is 3. The first kappa shape index (κ1) is 32.7. The van der Waals surface area contributed by atoms with E-state index < -0.39 is 17.5 Å². The molecular formula is C38H36F2N8O2. The van der Waals surface area contributed by atoms with E-state index in [1.165, 1.54) is 12.1 Å². The van der Waals surface area contributed by atoms with Crippen molar-refractivity contribution >= 4 is 34.6 Å². The highest BCUT2D eigenvalue weighted by atomic mass is 19.2. The van der Waals surface area contributed by atoms with Crippen molar-refractivity contribution in [2.45, 2.75) is 18.9 Å². The third-order valence-corrected chi connectivity index (χ3v) is 9.02. The first-order valence-corrected chi connectivity index (χ1v) is 16.3. The van der Waals surface area contributed by atoms with Crippen LogP contribution in [0.3, 0.4) is 0 Å². The molecule has 0 bridgehead atoms. The van der Waals surface area contributed by atoms with Gasteiger partial charge in [0.2, 0.25) is 5.95 Å². The molecule has 10 nitrogen and oxygen atoms in total. The monoisotopic (exact) mass is 674 g/mol. The van der Waals surface area contributed by atoms with Gasteiger partial charge in [-0.25, -0.2) is 23.7 Å². The van der Waals surface area contributed by atoms with Gasteiger partial charge < -0.3 is 25.2 Å². The van der Waals surface area contributed by atoms with Gasteiger partial charge in [0.1, 0.15) is 11.4 Å². The van der Waals surface area contributed by atoms with Gasteiger partial charge in [-0.05, 0) is 81.5 Å². The number of carbonyl (C=O) groups is 1. The van der Waals surface area contributed by atoms with Crippen molar-refractivity contribution in [3.63, 3.8) is 0 Å². The number of ether oxygens (including phenoxy) is 1. The van der Waals surface area contributed by atoms with Gasteiger partial charge in [0.05, 0.1) is 35.6 Å². The molecule has 1 amide bonds. The van der Waals surface area contributed by atoms with Gasteiger partial charge >= 0.3 is 0 Å². The molecule has 6 aromatic rings. The average Bonchev–Trinajstić information content (AvgIpc) is 3.54. The summed E-state index contributed by atoms with van der Waals surface area (Å²) >= 11 is 0. The summed E-state index contributed by atoms with van der Waals surface area (Å²) in [5.41, 5.74) is 4.99. The van der Waals surface area contributed by atoms with E-state index in [-0.39, 0.29) is 11.3 Å². The molecule has 3 aromatic heterocycles. The molecule has 2 N–H and O–H groups in total. The van der Waals surface area contributed by atoms with E-state index >= 15 is 0 Å².